The highest BCUT2D eigenvalue weighted by atomic mass is 31.2. The molecule has 7 unspecified atom stereocenters. The van der Waals surface area contributed by atoms with Crippen molar-refractivity contribution in [2.75, 3.05) is 13.2 Å². The van der Waals surface area contributed by atoms with Crippen molar-refractivity contribution >= 4 is 19.8 Å². The minimum Gasteiger partial charge on any atom is -0.462 e. The maximum Gasteiger partial charge on any atom is 0.472 e. The van der Waals surface area contributed by atoms with Crippen molar-refractivity contribution in [3.05, 3.63) is 72.9 Å². The maximum atomic E-state index is 12.8. The van der Waals surface area contributed by atoms with Crippen LogP contribution in [0.4, 0.5) is 0 Å². The van der Waals surface area contributed by atoms with Crippen LogP contribution in [0.3, 0.4) is 0 Å². The number of hydrogen-bond acceptors (Lipinski definition) is 12. The SMILES string of the molecule is CC/C=C/C=C/C=C/CCCCCCCC(=O)OC(COC(=O)CCCCCCC/C=C/C=C/C=C/CCCCCCC)COP(=O)(O)OC1C(O)C(O)C(O)[C@H](O)C1O. The number of carbonyl (C=O) groups excluding carboxylic acids is 2. The van der Waals surface area contributed by atoms with Crippen molar-refractivity contribution in [3.63, 3.8) is 0 Å². The molecule has 60 heavy (non-hydrogen) atoms. The molecular weight excluding hydrogens is 791 g/mol. The molecule has 0 saturated heterocycles. The molecule has 1 aliphatic rings. The third-order valence-corrected chi connectivity index (χ3v) is 10.9. The highest BCUT2D eigenvalue weighted by molar-refractivity contribution is 7.47. The lowest BCUT2D eigenvalue weighted by Gasteiger charge is -2.41. The normalized spacial score (nSPS) is 22.9. The van der Waals surface area contributed by atoms with E-state index in [0.29, 0.717) is 12.8 Å². The van der Waals surface area contributed by atoms with Gasteiger partial charge in [-0.05, 0) is 57.8 Å². The van der Waals surface area contributed by atoms with E-state index >= 15 is 0 Å². The molecule has 1 rings (SSSR count). The topological polar surface area (TPSA) is 210 Å². The summed E-state index contributed by atoms with van der Waals surface area (Å²) in [5.41, 5.74) is 0. The Morgan fingerprint density at radius 2 is 0.950 bits per heavy atom. The van der Waals surface area contributed by atoms with Crippen molar-refractivity contribution in [1.29, 1.82) is 0 Å². The fraction of sp³-hybridized carbons (Fsp3) is 0.696. The largest absolute Gasteiger partial charge is 0.472 e. The van der Waals surface area contributed by atoms with E-state index in [9.17, 15) is 44.6 Å². The van der Waals surface area contributed by atoms with Gasteiger partial charge >= 0.3 is 19.8 Å². The van der Waals surface area contributed by atoms with E-state index < -0.39 is 75.7 Å². The molecule has 1 fully saturated rings. The predicted molar refractivity (Wildman–Crippen MR) is 235 cm³/mol. The van der Waals surface area contributed by atoms with E-state index in [1.54, 1.807) is 0 Å². The van der Waals surface area contributed by atoms with Gasteiger partial charge in [0.05, 0.1) is 6.61 Å². The Kier molecular flexibility index (Phi) is 33.0. The second kappa shape index (κ2) is 35.8. The van der Waals surface area contributed by atoms with Crippen LogP contribution in [-0.2, 0) is 32.7 Å². The zero-order valence-corrected chi connectivity index (χ0v) is 37.1. The van der Waals surface area contributed by atoms with Crippen molar-refractivity contribution < 1.29 is 63.1 Å². The Hall–Kier alpha value is -2.71. The molecule has 0 heterocycles. The third kappa shape index (κ3) is 28.0. The maximum absolute atomic E-state index is 12.8. The van der Waals surface area contributed by atoms with Crippen LogP contribution in [-0.4, -0.2) is 98.3 Å². The van der Waals surface area contributed by atoms with Gasteiger partial charge in [-0.1, -0.05) is 151 Å². The molecule has 0 spiro atoms. The summed E-state index contributed by atoms with van der Waals surface area (Å²) in [4.78, 5) is 35.6. The van der Waals surface area contributed by atoms with E-state index in [1.165, 1.54) is 32.1 Å². The van der Waals surface area contributed by atoms with Crippen LogP contribution in [0.5, 0.6) is 0 Å². The smallest absolute Gasteiger partial charge is 0.462 e. The third-order valence-electron chi connectivity index (χ3n) is 9.90. The Balaban J connectivity index is 2.50. The van der Waals surface area contributed by atoms with Gasteiger partial charge in [-0.25, -0.2) is 4.57 Å². The summed E-state index contributed by atoms with van der Waals surface area (Å²) in [6.45, 7) is 3.09. The predicted octanol–water partition coefficient (Wildman–Crippen LogP) is 8.33. The summed E-state index contributed by atoms with van der Waals surface area (Å²) in [5, 5.41) is 50.1. The Morgan fingerprint density at radius 3 is 1.43 bits per heavy atom. The molecule has 6 N–H and O–H groups in total. The number of phosphoric ester groups is 1. The number of unbranched alkanes of at least 4 members (excludes halogenated alkanes) is 15. The lowest BCUT2D eigenvalue weighted by molar-refractivity contribution is -0.220. The number of aliphatic hydroxyl groups excluding tert-OH is 5. The zero-order chi connectivity index (χ0) is 44.3. The second-order valence-electron chi connectivity index (χ2n) is 15.3. The van der Waals surface area contributed by atoms with Gasteiger partial charge in [0.25, 0.3) is 0 Å². The zero-order valence-electron chi connectivity index (χ0n) is 36.2. The molecule has 0 bridgehead atoms. The molecular formula is C46H77O13P. The molecule has 0 aromatic carbocycles. The number of hydrogen-bond donors (Lipinski definition) is 6. The lowest BCUT2D eigenvalue weighted by Crippen LogP contribution is -2.64. The Labute approximate surface area is 359 Å². The van der Waals surface area contributed by atoms with Gasteiger partial charge in [-0.3, -0.25) is 18.6 Å². The van der Waals surface area contributed by atoms with Crippen LogP contribution in [0.25, 0.3) is 0 Å². The van der Waals surface area contributed by atoms with E-state index in [2.05, 4.69) is 56.4 Å². The molecule has 0 aromatic rings. The van der Waals surface area contributed by atoms with Crippen LogP contribution in [0.15, 0.2) is 72.9 Å². The standard InChI is InChI=1S/C46H77O13P/c1-3-5-7-9-11-13-15-17-18-19-20-21-23-24-26-28-30-32-34-39(47)56-36-38(37-57-60(54,55)59-46-44(52)42(50)41(49)43(51)45(46)53)58-40(48)35-33-31-29-27-25-22-16-14-12-10-8-6-4-2/h6,8,10,12,14-21,38,41-46,49-53H,3-5,7,9,11,13,22-37H2,1-2H3,(H,54,55)/b8-6+,12-10+,16-14+,17-15+,19-18+,21-20+/t38?,41?,42-,43?,44?,45?,46?/m0/s1. The molecule has 0 aliphatic heterocycles. The van der Waals surface area contributed by atoms with E-state index in [-0.39, 0.29) is 12.8 Å². The average Bonchev–Trinajstić information content (AvgIpc) is 3.23. The second-order valence-corrected chi connectivity index (χ2v) is 16.7. The van der Waals surface area contributed by atoms with Crippen molar-refractivity contribution in [3.8, 4) is 0 Å². The molecule has 1 saturated carbocycles. The molecule has 344 valence electrons. The number of esters is 2. The first-order valence-corrected chi connectivity index (χ1v) is 23.8. The molecule has 14 heteroatoms. The first-order valence-electron chi connectivity index (χ1n) is 22.3. The Bertz CT molecular complexity index is 1330. The van der Waals surface area contributed by atoms with Gasteiger partial charge in [-0.15, -0.1) is 0 Å². The summed E-state index contributed by atoms with van der Waals surface area (Å²) in [6, 6.07) is 0. The molecule has 13 nitrogen and oxygen atoms in total. The van der Waals surface area contributed by atoms with Gasteiger partial charge in [0.2, 0.25) is 0 Å². The first kappa shape index (κ1) is 55.3. The van der Waals surface area contributed by atoms with Crippen LogP contribution >= 0.6 is 7.82 Å². The highest BCUT2D eigenvalue weighted by Gasteiger charge is 2.51. The van der Waals surface area contributed by atoms with Crippen LogP contribution in [0, 0.1) is 0 Å². The van der Waals surface area contributed by atoms with Crippen molar-refractivity contribution in [1.82, 2.24) is 0 Å². The average molecular weight is 869 g/mol. The molecule has 1 aliphatic carbocycles. The first-order chi connectivity index (χ1) is 28.9. The number of allylic oxidation sites excluding steroid dienone is 12. The number of rotatable bonds is 35. The van der Waals surface area contributed by atoms with E-state index in [1.807, 2.05) is 30.4 Å². The number of phosphoric acid groups is 1. The van der Waals surface area contributed by atoms with Crippen LogP contribution in [0.2, 0.25) is 0 Å². The fourth-order valence-electron chi connectivity index (χ4n) is 6.29. The van der Waals surface area contributed by atoms with Crippen molar-refractivity contribution in [2.24, 2.45) is 0 Å². The Morgan fingerprint density at radius 1 is 0.533 bits per heavy atom. The van der Waals surface area contributed by atoms with Gasteiger partial charge in [0, 0.05) is 12.8 Å². The minimum atomic E-state index is -5.13. The monoisotopic (exact) mass is 869 g/mol. The van der Waals surface area contributed by atoms with E-state index in [4.69, 9.17) is 18.5 Å². The van der Waals surface area contributed by atoms with Gasteiger partial charge in [-0.2, -0.15) is 0 Å². The van der Waals surface area contributed by atoms with Crippen LogP contribution < -0.4 is 0 Å². The number of aliphatic hydroxyl groups is 5. The summed E-state index contributed by atoms with van der Waals surface area (Å²) < 4.78 is 33.4. The fourth-order valence-corrected chi connectivity index (χ4v) is 7.26. The van der Waals surface area contributed by atoms with Gasteiger partial charge in [0.15, 0.2) is 6.10 Å². The summed E-state index contributed by atoms with van der Waals surface area (Å²) in [5.74, 6) is -1.15. The molecule has 0 aromatic heterocycles. The molecule has 0 amide bonds. The van der Waals surface area contributed by atoms with Gasteiger partial charge < -0.3 is 39.9 Å². The quantitative estimate of drug-likeness (QED) is 0.0153. The lowest BCUT2D eigenvalue weighted by atomic mass is 9.85. The van der Waals surface area contributed by atoms with E-state index in [0.717, 1.165) is 77.0 Å². The minimum absolute atomic E-state index is 0.0649. The number of ether oxygens (including phenoxy) is 2. The summed E-state index contributed by atoms with van der Waals surface area (Å²) >= 11 is 0. The summed E-state index contributed by atoms with van der Waals surface area (Å²) in [6.07, 6.45) is 31.0. The summed E-state index contributed by atoms with van der Waals surface area (Å²) in [7, 11) is -5.13. The molecule has 0 radical (unpaired) electrons. The van der Waals surface area contributed by atoms with Crippen LogP contribution in [0.1, 0.15) is 149 Å². The van der Waals surface area contributed by atoms with Gasteiger partial charge in [0.1, 0.15) is 43.2 Å². The highest BCUT2D eigenvalue weighted by Crippen LogP contribution is 2.47. The van der Waals surface area contributed by atoms with Crippen molar-refractivity contribution in [2.45, 2.75) is 191 Å². The number of carbonyl (C=O) groups is 2. The molecule has 8 atom stereocenters.